The van der Waals surface area contributed by atoms with Gasteiger partial charge < -0.3 is 14.2 Å². The van der Waals surface area contributed by atoms with Crippen molar-refractivity contribution in [2.45, 2.75) is 18.7 Å². The van der Waals surface area contributed by atoms with Gasteiger partial charge in [0.2, 0.25) is 10.0 Å². The van der Waals surface area contributed by atoms with Crippen LogP contribution in [0.5, 0.6) is 11.5 Å². The second-order valence-electron chi connectivity index (χ2n) is 6.49. The van der Waals surface area contributed by atoms with Crippen LogP contribution in [0.1, 0.15) is 21.5 Å². The number of rotatable bonds is 5. The summed E-state index contributed by atoms with van der Waals surface area (Å²) >= 11 is 0. The van der Waals surface area contributed by atoms with E-state index >= 15 is 0 Å². The van der Waals surface area contributed by atoms with Gasteiger partial charge in [0.15, 0.2) is 0 Å². The molecule has 150 valence electrons. The molecule has 2 aromatic rings. The highest BCUT2D eigenvalue weighted by molar-refractivity contribution is 7.89. The predicted octanol–water partition coefficient (Wildman–Crippen LogP) is 2.55. The van der Waals surface area contributed by atoms with Crippen LogP contribution in [-0.2, 0) is 14.8 Å². The fraction of sp³-hybridized carbons (Fsp3) is 0.350. The molecule has 0 spiro atoms. The molecule has 0 aliphatic carbocycles. The number of benzene rings is 2. The summed E-state index contributed by atoms with van der Waals surface area (Å²) in [5, 5.41) is 0. The Kier molecular flexibility index (Phi) is 6.02. The summed E-state index contributed by atoms with van der Waals surface area (Å²) < 4.78 is 43.4. The maximum atomic E-state index is 13.0. The Morgan fingerprint density at radius 2 is 1.71 bits per heavy atom. The van der Waals surface area contributed by atoms with Gasteiger partial charge in [0.1, 0.15) is 16.4 Å². The fourth-order valence-electron chi connectivity index (χ4n) is 3.04. The van der Waals surface area contributed by atoms with Gasteiger partial charge >= 0.3 is 5.97 Å². The second kappa shape index (κ2) is 8.30. The lowest BCUT2D eigenvalue weighted by Crippen LogP contribution is -2.40. The molecule has 2 aromatic carbocycles. The van der Waals surface area contributed by atoms with Crippen LogP contribution < -0.4 is 9.47 Å². The van der Waals surface area contributed by atoms with E-state index in [9.17, 15) is 13.2 Å². The summed E-state index contributed by atoms with van der Waals surface area (Å²) in [7, 11) is -2.44. The molecule has 1 heterocycles. The summed E-state index contributed by atoms with van der Waals surface area (Å²) in [6, 6.07) is 9.83. The molecule has 0 saturated carbocycles. The number of nitrogens with zero attached hydrogens (tertiary/aromatic N) is 1. The first-order chi connectivity index (χ1) is 13.3. The SMILES string of the molecule is COc1ccc(C(=O)Oc2c(C)cccc2C)cc1S(=O)(=O)N1CCOCC1. The van der Waals surface area contributed by atoms with Crippen molar-refractivity contribution in [2.24, 2.45) is 0 Å². The average Bonchev–Trinajstić information content (AvgIpc) is 2.71. The number of aryl methyl sites for hydroxylation is 2. The number of para-hydroxylation sites is 1. The molecule has 0 bridgehead atoms. The standard InChI is InChI=1S/C20H23NO6S/c1-14-5-4-6-15(2)19(14)27-20(22)16-7-8-17(25-3)18(13-16)28(23,24)21-9-11-26-12-10-21/h4-8,13H,9-12H2,1-3H3. The van der Waals surface area contributed by atoms with Gasteiger partial charge in [0, 0.05) is 13.1 Å². The molecule has 0 N–H and O–H groups in total. The number of hydrogen-bond donors (Lipinski definition) is 0. The molecule has 28 heavy (non-hydrogen) atoms. The molecule has 8 heteroatoms. The van der Waals surface area contributed by atoms with E-state index < -0.39 is 16.0 Å². The van der Waals surface area contributed by atoms with Crippen molar-refractivity contribution in [2.75, 3.05) is 33.4 Å². The molecular formula is C20H23NO6S. The Morgan fingerprint density at radius 1 is 1.07 bits per heavy atom. The number of carbonyl (C=O) groups is 1. The van der Waals surface area contributed by atoms with Gasteiger partial charge in [0.05, 0.1) is 25.9 Å². The Hall–Kier alpha value is -2.42. The summed E-state index contributed by atoms with van der Waals surface area (Å²) in [4.78, 5) is 12.6. The smallest absolute Gasteiger partial charge is 0.343 e. The molecule has 3 rings (SSSR count). The molecule has 0 radical (unpaired) electrons. The molecule has 7 nitrogen and oxygen atoms in total. The monoisotopic (exact) mass is 405 g/mol. The molecule has 1 aliphatic heterocycles. The molecule has 0 unspecified atom stereocenters. The topological polar surface area (TPSA) is 82.1 Å². The molecular weight excluding hydrogens is 382 g/mol. The van der Waals surface area contributed by atoms with E-state index in [1.165, 1.54) is 29.6 Å². The third-order valence-corrected chi connectivity index (χ3v) is 6.51. The van der Waals surface area contributed by atoms with Gasteiger partial charge in [0.25, 0.3) is 0 Å². The Balaban J connectivity index is 1.95. The van der Waals surface area contributed by atoms with E-state index in [2.05, 4.69) is 0 Å². The van der Waals surface area contributed by atoms with E-state index in [4.69, 9.17) is 14.2 Å². The molecule has 0 atom stereocenters. The minimum absolute atomic E-state index is 0.0622. The van der Waals surface area contributed by atoms with E-state index in [0.717, 1.165) is 11.1 Å². The van der Waals surface area contributed by atoms with Crippen LogP contribution in [0.4, 0.5) is 0 Å². The summed E-state index contributed by atoms with van der Waals surface area (Å²) in [6.07, 6.45) is 0. The fourth-order valence-corrected chi connectivity index (χ4v) is 4.63. The molecule has 1 aliphatic rings. The lowest BCUT2D eigenvalue weighted by molar-refractivity contribution is 0.0725. The first kappa shape index (κ1) is 20.3. The van der Waals surface area contributed by atoms with Crippen LogP contribution in [0.25, 0.3) is 0 Å². The highest BCUT2D eigenvalue weighted by Crippen LogP contribution is 2.30. The van der Waals surface area contributed by atoms with Crippen molar-refractivity contribution < 1.29 is 27.4 Å². The van der Waals surface area contributed by atoms with Crippen LogP contribution in [0.15, 0.2) is 41.3 Å². The maximum Gasteiger partial charge on any atom is 0.343 e. The molecule has 1 fully saturated rings. The minimum Gasteiger partial charge on any atom is -0.495 e. The summed E-state index contributed by atoms with van der Waals surface area (Å²) in [5.41, 5.74) is 1.78. The van der Waals surface area contributed by atoms with Gasteiger partial charge in [-0.3, -0.25) is 0 Å². The van der Waals surface area contributed by atoms with E-state index in [0.29, 0.717) is 19.0 Å². The molecule has 1 saturated heterocycles. The zero-order chi connectivity index (χ0) is 20.3. The predicted molar refractivity (Wildman–Crippen MR) is 103 cm³/mol. The van der Waals surface area contributed by atoms with Gasteiger partial charge in [-0.15, -0.1) is 0 Å². The largest absolute Gasteiger partial charge is 0.495 e. The number of morpholine rings is 1. The normalized spacial score (nSPS) is 15.2. The summed E-state index contributed by atoms with van der Waals surface area (Å²) in [5.74, 6) is 0.0227. The Labute approximate surface area is 164 Å². The number of sulfonamides is 1. The zero-order valence-electron chi connectivity index (χ0n) is 16.1. The number of esters is 1. The van der Waals surface area contributed by atoms with Crippen LogP contribution >= 0.6 is 0 Å². The second-order valence-corrected chi connectivity index (χ2v) is 8.40. The number of methoxy groups -OCH3 is 1. The third-order valence-electron chi connectivity index (χ3n) is 4.59. The van der Waals surface area contributed by atoms with Crippen molar-refractivity contribution in [1.82, 2.24) is 4.31 Å². The van der Waals surface area contributed by atoms with Crippen molar-refractivity contribution in [3.8, 4) is 11.5 Å². The van der Waals surface area contributed by atoms with Crippen LogP contribution in [-0.4, -0.2) is 52.1 Å². The van der Waals surface area contributed by atoms with Crippen molar-refractivity contribution >= 4 is 16.0 Å². The lowest BCUT2D eigenvalue weighted by Gasteiger charge is -2.26. The average molecular weight is 405 g/mol. The first-order valence-corrected chi connectivity index (χ1v) is 10.3. The third kappa shape index (κ3) is 4.04. The highest BCUT2D eigenvalue weighted by Gasteiger charge is 2.30. The lowest BCUT2D eigenvalue weighted by atomic mass is 10.1. The maximum absolute atomic E-state index is 13.0. The van der Waals surface area contributed by atoms with Crippen LogP contribution in [0.2, 0.25) is 0 Å². The van der Waals surface area contributed by atoms with Gasteiger partial charge in [-0.2, -0.15) is 4.31 Å². The van der Waals surface area contributed by atoms with Crippen molar-refractivity contribution in [3.05, 3.63) is 53.1 Å². The number of carbonyl (C=O) groups excluding carboxylic acids is 1. The van der Waals surface area contributed by atoms with E-state index in [-0.39, 0.29) is 29.3 Å². The number of ether oxygens (including phenoxy) is 3. The first-order valence-electron chi connectivity index (χ1n) is 8.89. The van der Waals surface area contributed by atoms with E-state index in [1.807, 2.05) is 32.0 Å². The van der Waals surface area contributed by atoms with Crippen molar-refractivity contribution in [1.29, 1.82) is 0 Å². The quantitative estimate of drug-likeness (QED) is 0.562. The Morgan fingerprint density at radius 3 is 2.32 bits per heavy atom. The Bertz CT molecular complexity index is 960. The molecule has 0 aromatic heterocycles. The van der Waals surface area contributed by atoms with Gasteiger partial charge in [-0.25, -0.2) is 13.2 Å². The van der Waals surface area contributed by atoms with E-state index in [1.54, 1.807) is 0 Å². The minimum atomic E-state index is -3.83. The van der Waals surface area contributed by atoms with Gasteiger partial charge in [-0.1, -0.05) is 18.2 Å². The number of hydrogen-bond acceptors (Lipinski definition) is 6. The van der Waals surface area contributed by atoms with Gasteiger partial charge in [-0.05, 0) is 43.2 Å². The highest BCUT2D eigenvalue weighted by atomic mass is 32.2. The zero-order valence-corrected chi connectivity index (χ0v) is 16.9. The van der Waals surface area contributed by atoms with Crippen LogP contribution in [0, 0.1) is 13.8 Å². The summed E-state index contributed by atoms with van der Waals surface area (Å²) in [6.45, 7) is 4.85. The van der Waals surface area contributed by atoms with Crippen molar-refractivity contribution in [3.63, 3.8) is 0 Å². The molecule has 0 amide bonds. The van der Waals surface area contributed by atoms with Crippen LogP contribution in [0.3, 0.4) is 0 Å².